The first kappa shape index (κ1) is 22.4. The second-order valence-corrected chi connectivity index (χ2v) is 8.61. The first-order chi connectivity index (χ1) is 13.9. The van der Waals surface area contributed by atoms with Crippen molar-refractivity contribution >= 4 is 34.9 Å². The van der Waals surface area contributed by atoms with Crippen LogP contribution in [-0.4, -0.2) is 33.6 Å². The molecule has 162 valence electrons. The minimum Gasteiger partial charge on any atom is -0.484 e. The summed E-state index contributed by atoms with van der Waals surface area (Å²) < 4.78 is 43.2. The number of aromatic nitrogens is 2. The lowest BCUT2D eigenvalue weighted by Gasteiger charge is -2.53. The van der Waals surface area contributed by atoms with Gasteiger partial charge in [-0.15, -0.1) is 0 Å². The zero-order valence-corrected chi connectivity index (χ0v) is 17.6. The summed E-state index contributed by atoms with van der Waals surface area (Å²) in [6.07, 6.45) is -1.71. The highest BCUT2D eigenvalue weighted by molar-refractivity contribution is 6.42. The number of rotatable bonds is 6. The van der Waals surface area contributed by atoms with Gasteiger partial charge in [0, 0.05) is 17.1 Å². The Morgan fingerprint density at radius 1 is 1.13 bits per heavy atom. The number of alkyl halides is 3. The number of halogens is 5. The molecule has 3 rings (SSSR count). The van der Waals surface area contributed by atoms with Gasteiger partial charge in [-0.05, 0) is 38.8 Å². The Balaban J connectivity index is 1.49. The van der Waals surface area contributed by atoms with E-state index < -0.39 is 22.9 Å². The highest BCUT2D eigenvalue weighted by atomic mass is 35.5. The Labute approximate surface area is 181 Å². The fraction of sp³-hybridized carbons (Fsp3) is 0.421. The molecule has 0 bridgehead atoms. The molecule has 1 amide bonds. The Bertz CT molecular complexity index is 932. The summed E-state index contributed by atoms with van der Waals surface area (Å²) in [6.45, 7) is 3.58. The van der Waals surface area contributed by atoms with Gasteiger partial charge in [-0.3, -0.25) is 4.79 Å². The van der Waals surface area contributed by atoms with Crippen LogP contribution in [-0.2, 0) is 11.0 Å². The molecule has 0 radical (unpaired) electrons. The van der Waals surface area contributed by atoms with Crippen molar-refractivity contribution < 1.29 is 22.7 Å². The van der Waals surface area contributed by atoms with Gasteiger partial charge in [-0.1, -0.05) is 23.2 Å². The van der Waals surface area contributed by atoms with Crippen molar-refractivity contribution in [1.82, 2.24) is 15.3 Å². The predicted molar refractivity (Wildman–Crippen MR) is 107 cm³/mol. The van der Waals surface area contributed by atoms with E-state index in [1.165, 1.54) is 6.07 Å². The molecular weight excluding hydrogens is 444 g/mol. The Morgan fingerprint density at radius 3 is 2.40 bits per heavy atom. The number of hydrogen-bond acceptors (Lipinski definition) is 5. The topological polar surface area (TPSA) is 76.1 Å². The van der Waals surface area contributed by atoms with Gasteiger partial charge in [0.05, 0.1) is 22.4 Å². The molecule has 0 unspecified atom stereocenters. The van der Waals surface area contributed by atoms with E-state index in [1.807, 2.05) is 13.8 Å². The minimum atomic E-state index is -4.53. The molecule has 2 aromatic rings. The smallest absolute Gasteiger partial charge is 0.434 e. The van der Waals surface area contributed by atoms with Gasteiger partial charge in [0.15, 0.2) is 12.3 Å². The predicted octanol–water partition coefficient (Wildman–Crippen LogP) is 4.72. The second-order valence-electron chi connectivity index (χ2n) is 7.80. The molecule has 1 fully saturated rings. The van der Waals surface area contributed by atoms with Gasteiger partial charge >= 0.3 is 6.18 Å². The normalized spacial score (nSPS) is 23.4. The molecule has 0 spiro atoms. The monoisotopic (exact) mass is 462 g/mol. The third kappa shape index (κ3) is 5.46. The molecule has 11 heteroatoms. The summed E-state index contributed by atoms with van der Waals surface area (Å²) in [4.78, 5) is 19.4. The molecule has 1 aromatic heterocycles. The number of carbonyl (C=O) groups excluding carboxylic acids is 1. The lowest BCUT2D eigenvalue weighted by molar-refractivity contribution is -0.141. The number of nitrogens with zero attached hydrogens (tertiary/aromatic N) is 2. The average molecular weight is 463 g/mol. The Kier molecular flexibility index (Phi) is 6.06. The maximum absolute atomic E-state index is 12.6. The molecule has 2 N–H and O–H groups in total. The summed E-state index contributed by atoms with van der Waals surface area (Å²) in [5.41, 5.74) is -1.98. The van der Waals surface area contributed by atoms with Gasteiger partial charge < -0.3 is 15.4 Å². The first-order valence-corrected chi connectivity index (χ1v) is 9.69. The minimum absolute atomic E-state index is 0.192. The summed E-state index contributed by atoms with van der Waals surface area (Å²) in [6, 6.07) is 4.71. The summed E-state index contributed by atoms with van der Waals surface area (Å²) in [5.74, 6) is 0.354. The number of anilines is 1. The van der Waals surface area contributed by atoms with E-state index in [2.05, 4.69) is 20.6 Å². The Morgan fingerprint density at radius 2 is 1.83 bits per heavy atom. The number of benzene rings is 1. The number of nitrogens with one attached hydrogen (secondary N) is 2. The molecule has 1 aromatic carbocycles. The maximum Gasteiger partial charge on any atom is 0.434 e. The second kappa shape index (κ2) is 8.11. The summed E-state index contributed by atoms with van der Waals surface area (Å²) in [7, 11) is 0. The fourth-order valence-electron chi connectivity index (χ4n) is 3.78. The molecule has 0 atom stereocenters. The van der Waals surface area contributed by atoms with Crippen LogP contribution in [0.3, 0.4) is 0 Å². The summed E-state index contributed by atoms with van der Waals surface area (Å²) >= 11 is 11.7. The van der Waals surface area contributed by atoms with Crippen molar-refractivity contribution in [3.8, 4) is 5.75 Å². The molecule has 1 heterocycles. The van der Waals surface area contributed by atoms with E-state index >= 15 is 0 Å². The van der Waals surface area contributed by atoms with E-state index in [4.69, 9.17) is 27.9 Å². The third-order valence-electron chi connectivity index (χ3n) is 4.63. The highest BCUT2D eigenvalue weighted by Crippen LogP contribution is 2.43. The van der Waals surface area contributed by atoms with Crippen LogP contribution in [0.4, 0.5) is 19.0 Å². The number of carbonyl (C=O) groups is 1. The van der Waals surface area contributed by atoms with Crippen LogP contribution in [0.25, 0.3) is 0 Å². The number of amides is 1. The molecule has 0 aliphatic heterocycles. The zero-order chi connectivity index (χ0) is 22.2. The van der Waals surface area contributed by atoms with Crippen molar-refractivity contribution in [3.05, 3.63) is 46.3 Å². The molecule has 1 aliphatic carbocycles. The maximum atomic E-state index is 12.6. The number of ether oxygens (including phenoxy) is 1. The average Bonchev–Trinajstić information content (AvgIpc) is 2.61. The number of hydrogen-bond donors (Lipinski definition) is 2. The van der Waals surface area contributed by atoms with Crippen LogP contribution in [0.2, 0.25) is 10.0 Å². The van der Waals surface area contributed by atoms with Crippen molar-refractivity contribution in [2.24, 2.45) is 0 Å². The largest absolute Gasteiger partial charge is 0.484 e. The van der Waals surface area contributed by atoms with Gasteiger partial charge in [0.1, 0.15) is 11.6 Å². The Hall–Kier alpha value is -2.26. The van der Waals surface area contributed by atoms with Gasteiger partial charge in [0.2, 0.25) is 0 Å². The van der Waals surface area contributed by atoms with Gasteiger partial charge in [-0.25, -0.2) is 9.97 Å². The fourth-order valence-corrected chi connectivity index (χ4v) is 4.07. The van der Waals surface area contributed by atoms with E-state index in [1.54, 1.807) is 12.1 Å². The van der Waals surface area contributed by atoms with Crippen molar-refractivity contribution in [1.29, 1.82) is 0 Å². The van der Waals surface area contributed by atoms with Gasteiger partial charge in [0.25, 0.3) is 5.91 Å². The first-order valence-electron chi connectivity index (χ1n) is 8.94. The molecule has 30 heavy (non-hydrogen) atoms. The lowest BCUT2D eigenvalue weighted by atomic mass is 9.64. The quantitative estimate of drug-likeness (QED) is 0.649. The molecular formula is C19H19Cl2F3N4O2. The van der Waals surface area contributed by atoms with Crippen molar-refractivity contribution in [2.45, 2.75) is 43.9 Å². The SMILES string of the molecule is CC1(NC(=O)COc2ccc(Cl)c(Cl)c2)CC(C)(Nc2cnc(C(F)(F)F)cn2)C1. The van der Waals surface area contributed by atoms with Crippen molar-refractivity contribution in [2.75, 3.05) is 11.9 Å². The standard InChI is InChI=1S/C19H19Cl2F3N4O2/c1-17(27-15-7-25-14(6-26-15)19(22,23)24)9-18(2,10-17)28-16(29)8-30-11-3-4-12(20)13(21)5-11/h3-7H,8-10H2,1-2H3,(H,26,27)(H,28,29). The van der Waals surface area contributed by atoms with Crippen LogP contribution in [0, 0.1) is 0 Å². The van der Waals surface area contributed by atoms with E-state index in [-0.39, 0.29) is 18.3 Å². The van der Waals surface area contributed by atoms with E-state index in [9.17, 15) is 18.0 Å². The highest BCUT2D eigenvalue weighted by Gasteiger charge is 2.50. The van der Waals surface area contributed by atoms with Crippen LogP contribution < -0.4 is 15.4 Å². The molecule has 6 nitrogen and oxygen atoms in total. The zero-order valence-electron chi connectivity index (χ0n) is 16.1. The lowest BCUT2D eigenvalue weighted by Crippen LogP contribution is -2.65. The molecule has 0 saturated heterocycles. The molecule has 1 saturated carbocycles. The third-order valence-corrected chi connectivity index (χ3v) is 5.37. The van der Waals surface area contributed by atoms with Gasteiger partial charge in [-0.2, -0.15) is 13.2 Å². The van der Waals surface area contributed by atoms with Crippen LogP contribution in [0.1, 0.15) is 32.4 Å². The van der Waals surface area contributed by atoms with Crippen LogP contribution >= 0.6 is 23.2 Å². The van der Waals surface area contributed by atoms with E-state index in [0.29, 0.717) is 34.8 Å². The van der Waals surface area contributed by atoms with E-state index in [0.717, 1.165) is 6.20 Å². The summed E-state index contributed by atoms with van der Waals surface area (Å²) in [5, 5.41) is 6.71. The van der Waals surface area contributed by atoms with Crippen molar-refractivity contribution in [3.63, 3.8) is 0 Å². The van der Waals surface area contributed by atoms with Crippen LogP contribution in [0.15, 0.2) is 30.6 Å². The molecule has 1 aliphatic rings. The van der Waals surface area contributed by atoms with Crippen LogP contribution in [0.5, 0.6) is 5.75 Å².